The Hall–Kier alpha value is -1.57. The Morgan fingerprint density at radius 1 is 1.33 bits per heavy atom. The molecule has 15 heavy (non-hydrogen) atoms. The molecule has 0 saturated carbocycles. The molecule has 78 valence electrons. The average Bonchev–Trinajstić information content (AvgIpc) is 2.27. The molecule has 0 unspecified atom stereocenters. The van der Waals surface area contributed by atoms with Crippen molar-refractivity contribution in [2.24, 2.45) is 0 Å². The van der Waals surface area contributed by atoms with Crippen LogP contribution >= 0.6 is 0 Å². The Morgan fingerprint density at radius 2 is 2.00 bits per heavy atom. The van der Waals surface area contributed by atoms with Crippen LogP contribution in [0.3, 0.4) is 0 Å². The molecule has 1 aliphatic heterocycles. The first-order valence-electron chi connectivity index (χ1n) is 5.20. The van der Waals surface area contributed by atoms with E-state index in [2.05, 4.69) is 24.8 Å². The second kappa shape index (κ2) is 3.89. The number of hydrogen-bond acceptors (Lipinski definition) is 1. The first kappa shape index (κ1) is 9.97. The van der Waals surface area contributed by atoms with Crippen LogP contribution in [0.2, 0.25) is 0 Å². The molecule has 0 atom stereocenters. The van der Waals surface area contributed by atoms with Gasteiger partial charge in [-0.2, -0.15) is 0 Å². The molecule has 1 heterocycles. The number of nitrogens with zero attached hydrogens (tertiary/aromatic N) is 1. The highest BCUT2D eigenvalue weighted by Crippen LogP contribution is 2.19. The van der Waals surface area contributed by atoms with E-state index < -0.39 is 0 Å². The van der Waals surface area contributed by atoms with Crippen LogP contribution in [0.15, 0.2) is 36.4 Å². The summed E-state index contributed by atoms with van der Waals surface area (Å²) in [6.45, 7) is 6.99. The zero-order valence-electron chi connectivity index (χ0n) is 8.99. The summed E-state index contributed by atoms with van der Waals surface area (Å²) in [7, 11) is 0. The first-order valence-corrected chi connectivity index (χ1v) is 5.20. The van der Waals surface area contributed by atoms with E-state index in [1.165, 1.54) is 11.1 Å². The van der Waals surface area contributed by atoms with Gasteiger partial charge in [0.25, 0.3) is 0 Å². The molecule has 0 radical (unpaired) electrons. The van der Waals surface area contributed by atoms with Crippen molar-refractivity contribution in [3.8, 4) is 0 Å². The molecule has 1 aromatic carbocycles. The Labute approximate surface area is 90.2 Å². The van der Waals surface area contributed by atoms with E-state index in [-0.39, 0.29) is 5.91 Å². The summed E-state index contributed by atoms with van der Waals surface area (Å²) in [6, 6.07) is 8.30. The normalized spacial score (nSPS) is 14.6. The highest BCUT2D eigenvalue weighted by atomic mass is 16.2. The Kier molecular flexibility index (Phi) is 2.58. The standard InChI is InChI=1S/C13H15NO/c1-10(2)13(15)14-8-7-11-5-3-4-6-12(11)9-14/h3-6H,1,7-9H2,2H3. The SMILES string of the molecule is C=C(C)C(=O)N1CCc2ccccc2C1. The van der Waals surface area contributed by atoms with Crippen molar-refractivity contribution in [3.63, 3.8) is 0 Å². The van der Waals surface area contributed by atoms with Gasteiger partial charge >= 0.3 is 0 Å². The van der Waals surface area contributed by atoms with Crippen LogP contribution in [0.1, 0.15) is 18.1 Å². The van der Waals surface area contributed by atoms with Crippen molar-refractivity contribution in [2.75, 3.05) is 6.54 Å². The van der Waals surface area contributed by atoms with E-state index in [4.69, 9.17) is 0 Å². The van der Waals surface area contributed by atoms with Crippen molar-refractivity contribution in [1.29, 1.82) is 0 Å². The number of benzene rings is 1. The Balaban J connectivity index is 2.19. The van der Waals surface area contributed by atoms with Crippen LogP contribution in [0.25, 0.3) is 0 Å². The number of hydrogen-bond donors (Lipinski definition) is 0. The second-order valence-electron chi connectivity index (χ2n) is 4.03. The first-order chi connectivity index (χ1) is 7.18. The quantitative estimate of drug-likeness (QED) is 0.637. The Morgan fingerprint density at radius 3 is 2.67 bits per heavy atom. The highest BCUT2D eigenvalue weighted by Gasteiger charge is 2.20. The van der Waals surface area contributed by atoms with E-state index in [1.54, 1.807) is 6.92 Å². The number of fused-ring (bicyclic) bond motifs is 1. The van der Waals surface area contributed by atoms with Crippen molar-refractivity contribution in [1.82, 2.24) is 4.90 Å². The molecule has 0 aromatic heterocycles. The van der Waals surface area contributed by atoms with Crippen molar-refractivity contribution in [2.45, 2.75) is 19.9 Å². The Bertz CT molecular complexity index is 409. The minimum absolute atomic E-state index is 0.0736. The molecule has 2 nitrogen and oxygen atoms in total. The average molecular weight is 201 g/mol. The maximum Gasteiger partial charge on any atom is 0.249 e. The predicted octanol–water partition coefficient (Wildman–Crippen LogP) is 2.15. The zero-order valence-corrected chi connectivity index (χ0v) is 8.99. The molecule has 1 aliphatic rings. The molecule has 2 heteroatoms. The fourth-order valence-electron chi connectivity index (χ4n) is 1.94. The van der Waals surface area contributed by atoms with E-state index in [0.717, 1.165) is 19.5 Å². The summed E-state index contributed by atoms with van der Waals surface area (Å²) < 4.78 is 0. The van der Waals surface area contributed by atoms with Gasteiger partial charge in [0.05, 0.1) is 0 Å². The molecule has 1 aromatic rings. The van der Waals surface area contributed by atoms with Gasteiger partial charge in [0.15, 0.2) is 0 Å². The van der Waals surface area contributed by atoms with Crippen molar-refractivity contribution >= 4 is 5.91 Å². The maximum absolute atomic E-state index is 11.7. The molecule has 0 saturated heterocycles. The van der Waals surface area contributed by atoms with Gasteiger partial charge in [0.2, 0.25) is 5.91 Å². The molecule has 2 rings (SSSR count). The minimum Gasteiger partial charge on any atom is -0.334 e. The number of carbonyl (C=O) groups is 1. The van der Waals surface area contributed by atoms with Gasteiger partial charge in [0, 0.05) is 18.7 Å². The fourth-order valence-corrected chi connectivity index (χ4v) is 1.94. The van der Waals surface area contributed by atoms with Gasteiger partial charge in [-0.25, -0.2) is 0 Å². The van der Waals surface area contributed by atoms with E-state index in [1.807, 2.05) is 11.0 Å². The van der Waals surface area contributed by atoms with Crippen LogP contribution in [0, 0.1) is 0 Å². The van der Waals surface area contributed by atoms with Crippen LogP contribution in [0.4, 0.5) is 0 Å². The van der Waals surface area contributed by atoms with Gasteiger partial charge < -0.3 is 4.90 Å². The molecule has 0 fully saturated rings. The monoisotopic (exact) mass is 201 g/mol. The lowest BCUT2D eigenvalue weighted by Crippen LogP contribution is -2.36. The molecule has 0 N–H and O–H groups in total. The van der Waals surface area contributed by atoms with E-state index in [9.17, 15) is 4.79 Å². The minimum atomic E-state index is 0.0736. The third-order valence-electron chi connectivity index (χ3n) is 2.78. The molecular formula is C13H15NO. The molecule has 0 bridgehead atoms. The van der Waals surface area contributed by atoms with Gasteiger partial charge in [0.1, 0.15) is 0 Å². The molecule has 1 amide bonds. The van der Waals surface area contributed by atoms with Crippen LogP contribution in [-0.2, 0) is 17.8 Å². The second-order valence-corrected chi connectivity index (χ2v) is 4.03. The number of carbonyl (C=O) groups excluding carboxylic acids is 1. The maximum atomic E-state index is 11.7. The topological polar surface area (TPSA) is 20.3 Å². The summed E-state index contributed by atoms with van der Waals surface area (Å²) in [5.41, 5.74) is 3.25. The zero-order chi connectivity index (χ0) is 10.8. The van der Waals surface area contributed by atoms with Gasteiger partial charge in [-0.05, 0) is 24.5 Å². The van der Waals surface area contributed by atoms with Crippen LogP contribution < -0.4 is 0 Å². The number of rotatable bonds is 1. The van der Waals surface area contributed by atoms with Crippen molar-refractivity contribution < 1.29 is 4.79 Å². The largest absolute Gasteiger partial charge is 0.334 e. The highest BCUT2D eigenvalue weighted by molar-refractivity contribution is 5.92. The summed E-state index contributed by atoms with van der Waals surface area (Å²) in [6.07, 6.45) is 0.954. The number of amides is 1. The summed E-state index contributed by atoms with van der Waals surface area (Å²) in [5, 5.41) is 0. The van der Waals surface area contributed by atoms with E-state index >= 15 is 0 Å². The predicted molar refractivity (Wildman–Crippen MR) is 60.4 cm³/mol. The van der Waals surface area contributed by atoms with Crippen molar-refractivity contribution in [3.05, 3.63) is 47.5 Å². The lowest BCUT2D eigenvalue weighted by molar-refractivity contribution is -0.127. The smallest absolute Gasteiger partial charge is 0.249 e. The summed E-state index contributed by atoms with van der Waals surface area (Å²) in [4.78, 5) is 13.6. The summed E-state index contributed by atoms with van der Waals surface area (Å²) in [5.74, 6) is 0.0736. The lowest BCUT2D eigenvalue weighted by atomic mass is 9.99. The van der Waals surface area contributed by atoms with Gasteiger partial charge in [-0.1, -0.05) is 30.8 Å². The molecule has 0 aliphatic carbocycles. The van der Waals surface area contributed by atoms with Gasteiger partial charge in [-0.3, -0.25) is 4.79 Å². The molecular weight excluding hydrogens is 186 g/mol. The van der Waals surface area contributed by atoms with E-state index in [0.29, 0.717) is 5.57 Å². The molecule has 0 spiro atoms. The third-order valence-corrected chi connectivity index (χ3v) is 2.78. The fraction of sp³-hybridized carbons (Fsp3) is 0.308. The summed E-state index contributed by atoms with van der Waals surface area (Å²) >= 11 is 0. The van der Waals surface area contributed by atoms with Crippen LogP contribution in [-0.4, -0.2) is 17.4 Å². The lowest BCUT2D eigenvalue weighted by Gasteiger charge is -2.28. The van der Waals surface area contributed by atoms with Crippen LogP contribution in [0.5, 0.6) is 0 Å². The third kappa shape index (κ3) is 1.94. The van der Waals surface area contributed by atoms with Gasteiger partial charge in [-0.15, -0.1) is 0 Å².